The molecule has 0 spiro atoms. The maximum atomic E-state index is 9.09. The van der Waals surface area contributed by atoms with Crippen LogP contribution in [0.4, 0.5) is 9.59 Å². The molecule has 1 aromatic carbocycles. The van der Waals surface area contributed by atoms with E-state index >= 15 is 0 Å². The number of thiol groups is 2. The van der Waals surface area contributed by atoms with Crippen molar-refractivity contribution in [3.8, 4) is 5.69 Å². The van der Waals surface area contributed by atoms with Crippen LogP contribution in [-0.2, 0) is 4.57 Å². The number of carbonyl (C=O) groups is 2. The highest BCUT2D eigenvalue weighted by Gasteiger charge is 2.00. The lowest BCUT2D eigenvalue weighted by Gasteiger charge is -1.99. The van der Waals surface area contributed by atoms with E-state index in [1.165, 1.54) is 6.42 Å². The number of rotatable bonds is 1. The number of hydrogen-bond acceptors (Lipinski definition) is 4. The van der Waals surface area contributed by atoms with Crippen molar-refractivity contribution >= 4 is 55.2 Å². The Kier molecular flexibility index (Phi) is 28.4. The molecule has 10 nitrogen and oxygen atoms in total. The SMILES string of the molecule is CC.CCC.Clc1ccc(-n2cccn2)cc1.NC(=O)S.NC(=O)S.O=P(O)(O)O. The topological polar surface area (TPSA) is 182 Å². The number of nitrogens with zero attached hydrogens (tertiary/aromatic N) is 2. The fourth-order valence-electron chi connectivity index (χ4n) is 1.02. The molecule has 2 amide bonds. The van der Waals surface area contributed by atoms with Gasteiger partial charge in [0.2, 0.25) is 0 Å². The minimum Gasteiger partial charge on any atom is -0.361 e. The number of nitrogens with two attached hydrogens (primary N) is 2. The lowest BCUT2D eigenvalue weighted by atomic mass is 10.3. The molecule has 0 saturated carbocycles. The second kappa shape index (κ2) is 23.7. The monoisotopic (exact) mass is 504 g/mol. The van der Waals surface area contributed by atoms with E-state index in [9.17, 15) is 0 Å². The van der Waals surface area contributed by atoms with E-state index in [-0.39, 0.29) is 0 Å². The van der Waals surface area contributed by atoms with Gasteiger partial charge in [-0.2, -0.15) is 5.10 Å². The zero-order valence-electron chi connectivity index (χ0n) is 17.1. The van der Waals surface area contributed by atoms with E-state index in [1.807, 2.05) is 50.4 Å². The fraction of sp³-hybridized carbons (Fsp3) is 0.312. The molecule has 2 rings (SSSR count). The number of hydrogen-bond donors (Lipinski definition) is 7. The number of benzene rings is 1. The van der Waals surface area contributed by atoms with Gasteiger partial charge in [0.05, 0.1) is 5.69 Å². The third-order valence-corrected chi connectivity index (χ3v) is 1.85. The van der Waals surface area contributed by atoms with Crippen LogP contribution < -0.4 is 11.5 Å². The Morgan fingerprint density at radius 1 is 1.07 bits per heavy atom. The fourth-order valence-corrected chi connectivity index (χ4v) is 1.14. The quantitative estimate of drug-likeness (QED) is 0.226. The summed E-state index contributed by atoms with van der Waals surface area (Å²) in [6.45, 7) is 8.25. The number of phosphoric acid groups is 1. The highest BCUT2D eigenvalue weighted by atomic mass is 35.5. The molecule has 0 fully saturated rings. The van der Waals surface area contributed by atoms with Crippen LogP contribution in [0, 0.1) is 0 Å². The Labute approximate surface area is 192 Å². The molecule has 0 aliphatic heterocycles. The summed E-state index contributed by atoms with van der Waals surface area (Å²) < 4.78 is 10.7. The summed E-state index contributed by atoms with van der Waals surface area (Å²) in [5.41, 5.74) is 9.69. The molecule has 0 unspecified atom stereocenters. The van der Waals surface area contributed by atoms with E-state index in [1.54, 1.807) is 10.9 Å². The van der Waals surface area contributed by atoms with Gasteiger partial charge in [0.15, 0.2) is 0 Å². The Hall–Kier alpha value is -1.53. The molecule has 1 aromatic heterocycles. The summed E-state index contributed by atoms with van der Waals surface area (Å²) in [5.74, 6) is 0. The molecular formula is C16H30ClN4O6PS2. The molecule has 0 radical (unpaired) electrons. The Balaban J connectivity index is -0.000000159. The van der Waals surface area contributed by atoms with E-state index in [0.29, 0.717) is 0 Å². The number of halogens is 1. The van der Waals surface area contributed by atoms with Crippen molar-refractivity contribution in [1.82, 2.24) is 9.78 Å². The smallest absolute Gasteiger partial charge is 0.361 e. The Morgan fingerprint density at radius 2 is 1.37 bits per heavy atom. The summed E-state index contributed by atoms with van der Waals surface area (Å²) >= 11 is 12.0. The van der Waals surface area contributed by atoms with Gasteiger partial charge in [0.25, 0.3) is 10.5 Å². The van der Waals surface area contributed by atoms with Crippen molar-refractivity contribution in [3.05, 3.63) is 47.7 Å². The summed E-state index contributed by atoms with van der Waals surface area (Å²) in [6.07, 6.45) is 4.89. The van der Waals surface area contributed by atoms with Crippen LogP contribution in [0.5, 0.6) is 0 Å². The van der Waals surface area contributed by atoms with Gasteiger partial charge in [-0.1, -0.05) is 71.0 Å². The van der Waals surface area contributed by atoms with Crippen LogP contribution in [0.3, 0.4) is 0 Å². The number of amides is 2. The van der Waals surface area contributed by atoms with Gasteiger partial charge in [-0.15, -0.1) is 0 Å². The second-order valence-electron chi connectivity index (χ2n) is 4.32. The normalized spacial score (nSPS) is 8.47. The number of aromatic nitrogens is 2. The molecule has 14 heteroatoms. The van der Waals surface area contributed by atoms with E-state index < -0.39 is 18.3 Å². The third kappa shape index (κ3) is 45.3. The summed E-state index contributed by atoms with van der Waals surface area (Å²) in [4.78, 5) is 39.7. The van der Waals surface area contributed by atoms with Crippen LogP contribution in [-0.4, -0.2) is 34.9 Å². The number of carbonyl (C=O) groups excluding carboxylic acids is 2. The van der Waals surface area contributed by atoms with E-state index in [2.05, 4.69) is 55.7 Å². The van der Waals surface area contributed by atoms with E-state index in [0.717, 1.165) is 10.7 Å². The lowest BCUT2D eigenvalue weighted by molar-refractivity contribution is 0.266. The molecule has 174 valence electrons. The molecule has 30 heavy (non-hydrogen) atoms. The molecule has 2 aromatic rings. The first-order valence-corrected chi connectivity index (χ1v) is 11.1. The van der Waals surface area contributed by atoms with Crippen molar-refractivity contribution in [3.63, 3.8) is 0 Å². The molecule has 0 atom stereocenters. The number of primary amides is 2. The van der Waals surface area contributed by atoms with Crippen molar-refractivity contribution < 1.29 is 28.8 Å². The zero-order valence-corrected chi connectivity index (χ0v) is 20.5. The van der Waals surface area contributed by atoms with Crippen LogP contribution in [0.15, 0.2) is 42.7 Å². The lowest BCUT2D eigenvalue weighted by Crippen LogP contribution is -1.95. The second-order valence-corrected chi connectivity index (χ2v) is 6.67. The molecule has 7 N–H and O–H groups in total. The van der Waals surface area contributed by atoms with E-state index in [4.69, 9.17) is 40.4 Å². The van der Waals surface area contributed by atoms with Gasteiger partial charge < -0.3 is 26.1 Å². The molecule has 1 heterocycles. The first-order valence-electron chi connectivity index (χ1n) is 8.25. The highest BCUT2D eigenvalue weighted by molar-refractivity contribution is 7.96. The first kappa shape index (κ1) is 35.9. The van der Waals surface area contributed by atoms with Gasteiger partial charge >= 0.3 is 7.82 Å². The summed E-state index contributed by atoms with van der Waals surface area (Å²) in [6, 6.07) is 9.43. The van der Waals surface area contributed by atoms with Gasteiger partial charge in [-0.3, -0.25) is 9.59 Å². The molecule has 0 aliphatic carbocycles. The van der Waals surface area contributed by atoms with Crippen molar-refractivity contribution in [2.45, 2.75) is 34.1 Å². The maximum absolute atomic E-state index is 9.09. The van der Waals surface area contributed by atoms with Crippen LogP contribution in [0.2, 0.25) is 5.02 Å². The van der Waals surface area contributed by atoms with Crippen molar-refractivity contribution in [2.75, 3.05) is 0 Å². The van der Waals surface area contributed by atoms with Gasteiger partial charge in [-0.05, 0) is 30.3 Å². The molecule has 0 saturated heterocycles. The minimum atomic E-state index is -4.64. The standard InChI is InChI=1S/C9H7ClN2.C3H8.C2H6.2CH3NOS.H3O4P/c10-8-2-4-9(5-3-8)12-7-1-6-11-12;1-3-2;1-2;2*2-1(3)4;1-5(2,3)4/h1-7H;3H2,1-2H3;1-2H3;2*(H3,2,3,4);(H3,1,2,3,4). The third-order valence-electron chi connectivity index (χ3n) is 1.60. The minimum absolute atomic E-state index is 0.639. The van der Waals surface area contributed by atoms with Crippen molar-refractivity contribution in [1.29, 1.82) is 0 Å². The van der Waals surface area contributed by atoms with Crippen LogP contribution in [0.1, 0.15) is 34.1 Å². The Morgan fingerprint density at radius 3 is 1.60 bits per heavy atom. The zero-order chi connectivity index (χ0) is 24.8. The predicted molar refractivity (Wildman–Crippen MR) is 127 cm³/mol. The summed E-state index contributed by atoms with van der Waals surface area (Å²) in [7, 11) is -4.64. The highest BCUT2D eigenvalue weighted by Crippen LogP contribution is 2.25. The maximum Gasteiger partial charge on any atom is 0.466 e. The molecule has 0 aliphatic rings. The predicted octanol–water partition coefficient (Wildman–Crippen LogP) is 4.03. The Bertz CT molecular complexity index is 672. The largest absolute Gasteiger partial charge is 0.466 e. The average molecular weight is 505 g/mol. The van der Waals surface area contributed by atoms with Crippen LogP contribution in [0.25, 0.3) is 5.69 Å². The van der Waals surface area contributed by atoms with Gasteiger partial charge in [-0.25, -0.2) is 9.25 Å². The molecule has 0 bridgehead atoms. The van der Waals surface area contributed by atoms with Gasteiger partial charge in [0.1, 0.15) is 0 Å². The van der Waals surface area contributed by atoms with Gasteiger partial charge in [0, 0.05) is 17.4 Å². The van der Waals surface area contributed by atoms with Crippen molar-refractivity contribution in [2.24, 2.45) is 11.5 Å². The summed E-state index contributed by atoms with van der Waals surface area (Å²) in [5, 5.41) is 3.55. The first-order chi connectivity index (χ1) is 13.7. The molecular weight excluding hydrogens is 475 g/mol. The average Bonchev–Trinajstić information content (AvgIpc) is 3.10. The van der Waals surface area contributed by atoms with Crippen LogP contribution >= 0.6 is 44.7 Å².